The van der Waals surface area contributed by atoms with Crippen molar-refractivity contribution in [2.75, 3.05) is 6.54 Å². The van der Waals surface area contributed by atoms with Gasteiger partial charge in [0.25, 0.3) is 0 Å². The van der Waals surface area contributed by atoms with E-state index in [0.29, 0.717) is 5.82 Å². The van der Waals surface area contributed by atoms with Gasteiger partial charge in [0.1, 0.15) is 6.54 Å². The molecule has 0 aliphatic carbocycles. The Morgan fingerprint density at radius 3 is 2.95 bits per heavy atom. The van der Waals surface area contributed by atoms with Gasteiger partial charge >= 0.3 is 5.97 Å². The molecule has 10 heteroatoms. The van der Waals surface area contributed by atoms with Crippen LogP contribution < -0.4 is 5.32 Å². The molecule has 2 heterocycles. The topological polar surface area (TPSA) is 130 Å². The molecule has 2 rings (SSSR count). The number of rotatable bonds is 7. The number of tetrazole rings is 1. The van der Waals surface area contributed by atoms with E-state index in [-0.39, 0.29) is 25.4 Å². The van der Waals surface area contributed by atoms with Crippen LogP contribution in [0.3, 0.4) is 0 Å². The number of carboxylic acids is 1. The van der Waals surface area contributed by atoms with Gasteiger partial charge in [0.2, 0.25) is 11.7 Å². The molecular formula is C11H13N5O4S. The van der Waals surface area contributed by atoms with Gasteiger partial charge < -0.3 is 15.5 Å². The number of aliphatic hydroxyl groups excluding tert-OH is 1. The molecule has 0 radical (unpaired) electrons. The summed E-state index contributed by atoms with van der Waals surface area (Å²) in [5, 5.41) is 35.4. The van der Waals surface area contributed by atoms with Crippen LogP contribution in [0, 0.1) is 0 Å². The number of carbonyl (C=O) groups excluding carboxylic acids is 1. The Bertz CT molecular complexity index is 612. The van der Waals surface area contributed by atoms with Crippen molar-refractivity contribution in [3.63, 3.8) is 0 Å². The number of nitrogens with zero attached hydrogens (tertiary/aromatic N) is 4. The highest BCUT2D eigenvalue weighted by Gasteiger charge is 2.13. The van der Waals surface area contributed by atoms with Crippen LogP contribution in [0.1, 0.15) is 6.42 Å². The Hall–Kier alpha value is -2.33. The van der Waals surface area contributed by atoms with E-state index in [9.17, 15) is 9.59 Å². The first-order chi connectivity index (χ1) is 10.1. The van der Waals surface area contributed by atoms with Crippen molar-refractivity contribution in [1.29, 1.82) is 0 Å². The van der Waals surface area contributed by atoms with Crippen LogP contribution in [0.5, 0.6) is 0 Å². The molecule has 0 saturated heterocycles. The molecule has 1 amide bonds. The molecule has 112 valence electrons. The maximum Gasteiger partial charge on any atom is 0.332 e. The molecule has 0 aliphatic rings. The molecule has 0 saturated carbocycles. The molecule has 2 aromatic rings. The second-order valence-corrected chi connectivity index (χ2v) is 4.93. The van der Waals surface area contributed by atoms with Gasteiger partial charge in [-0.25, -0.2) is 4.79 Å². The SMILES string of the molecule is O=C(Cn1nnc(-c2ccsc2)n1)NCC[C@H](O)C(=O)O. The first-order valence-corrected chi connectivity index (χ1v) is 6.98. The van der Waals surface area contributed by atoms with Gasteiger partial charge in [0, 0.05) is 23.9 Å². The summed E-state index contributed by atoms with van der Waals surface area (Å²) in [6.45, 7) is -0.0707. The van der Waals surface area contributed by atoms with Crippen LogP contribution in [0.4, 0.5) is 0 Å². The Balaban J connectivity index is 1.79. The molecule has 3 N–H and O–H groups in total. The molecule has 9 nitrogen and oxygen atoms in total. The smallest absolute Gasteiger partial charge is 0.332 e. The van der Waals surface area contributed by atoms with E-state index < -0.39 is 12.1 Å². The number of aromatic nitrogens is 4. The molecule has 2 aromatic heterocycles. The molecule has 1 atom stereocenters. The number of carbonyl (C=O) groups is 2. The van der Waals surface area contributed by atoms with Crippen LogP contribution in [-0.2, 0) is 16.1 Å². The minimum atomic E-state index is -1.49. The summed E-state index contributed by atoms with van der Waals surface area (Å²) in [6, 6.07) is 1.85. The van der Waals surface area contributed by atoms with Crippen LogP contribution in [0.15, 0.2) is 16.8 Å². The van der Waals surface area contributed by atoms with Crippen molar-refractivity contribution in [1.82, 2.24) is 25.5 Å². The van der Waals surface area contributed by atoms with Crippen molar-refractivity contribution in [3.05, 3.63) is 16.8 Å². The number of hydrogen-bond acceptors (Lipinski definition) is 7. The van der Waals surface area contributed by atoms with E-state index in [4.69, 9.17) is 10.2 Å². The number of aliphatic carboxylic acids is 1. The Morgan fingerprint density at radius 2 is 2.29 bits per heavy atom. The molecule has 0 fully saturated rings. The van der Waals surface area contributed by atoms with Gasteiger partial charge in [-0.15, -0.1) is 10.2 Å². The van der Waals surface area contributed by atoms with Gasteiger partial charge in [-0.1, -0.05) is 0 Å². The zero-order chi connectivity index (χ0) is 15.2. The molecule has 21 heavy (non-hydrogen) atoms. The van der Waals surface area contributed by atoms with Gasteiger partial charge in [-0.2, -0.15) is 16.1 Å². The highest BCUT2D eigenvalue weighted by Crippen LogP contribution is 2.16. The van der Waals surface area contributed by atoms with E-state index in [1.54, 1.807) is 0 Å². The predicted molar refractivity (Wildman–Crippen MR) is 72.4 cm³/mol. The summed E-state index contributed by atoms with van der Waals surface area (Å²) < 4.78 is 0. The Morgan fingerprint density at radius 1 is 1.48 bits per heavy atom. The predicted octanol–water partition coefficient (Wildman–Crippen LogP) is -0.647. The number of aliphatic hydroxyl groups is 1. The lowest BCUT2D eigenvalue weighted by Crippen LogP contribution is -2.32. The summed E-state index contributed by atoms with van der Waals surface area (Å²) in [4.78, 5) is 23.1. The number of hydrogen-bond donors (Lipinski definition) is 3. The zero-order valence-corrected chi connectivity index (χ0v) is 11.7. The summed E-state index contributed by atoms with van der Waals surface area (Å²) >= 11 is 1.51. The van der Waals surface area contributed by atoms with E-state index in [2.05, 4.69) is 20.7 Å². The quantitative estimate of drug-likeness (QED) is 0.619. The fraction of sp³-hybridized carbons (Fsp3) is 0.364. The maximum absolute atomic E-state index is 11.6. The number of carboxylic acid groups (broad SMARTS) is 1. The molecule has 0 spiro atoms. The summed E-state index contributed by atoms with van der Waals surface area (Å²) in [6.07, 6.45) is -1.55. The monoisotopic (exact) mass is 311 g/mol. The van der Waals surface area contributed by atoms with Gasteiger partial charge in [-0.05, 0) is 16.7 Å². The van der Waals surface area contributed by atoms with E-state index in [1.165, 1.54) is 11.3 Å². The highest BCUT2D eigenvalue weighted by atomic mass is 32.1. The lowest BCUT2D eigenvalue weighted by molar-refractivity contribution is -0.147. The second-order valence-electron chi connectivity index (χ2n) is 4.15. The number of amides is 1. The Labute approximate surface area is 123 Å². The normalized spacial score (nSPS) is 12.0. The van der Waals surface area contributed by atoms with Crippen molar-refractivity contribution in [3.8, 4) is 11.4 Å². The van der Waals surface area contributed by atoms with Crippen molar-refractivity contribution >= 4 is 23.2 Å². The Kier molecular flexibility index (Phi) is 4.95. The van der Waals surface area contributed by atoms with Crippen molar-refractivity contribution < 1.29 is 19.8 Å². The molecule has 0 aliphatic heterocycles. The van der Waals surface area contributed by atoms with E-state index >= 15 is 0 Å². The fourth-order valence-electron chi connectivity index (χ4n) is 1.47. The van der Waals surface area contributed by atoms with Crippen LogP contribution in [0.25, 0.3) is 11.4 Å². The highest BCUT2D eigenvalue weighted by molar-refractivity contribution is 7.08. The van der Waals surface area contributed by atoms with Gasteiger partial charge in [0.05, 0.1) is 0 Å². The van der Waals surface area contributed by atoms with E-state index in [0.717, 1.165) is 10.4 Å². The van der Waals surface area contributed by atoms with Crippen molar-refractivity contribution in [2.45, 2.75) is 19.1 Å². The fourth-order valence-corrected chi connectivity index (χ4v) is 2.11. The van der Waals surface area contributed by atoms with Crippen LogP contribution in [0.2, 0.25) is 0 Å². The average molecular weight is 311 g/mol. The summed E-state index contributed by atoms with van der Waals surface area (Å²) in [5.74, 6) is -1.27. The summed E-state index contributed by atoms with van der Waals surface area (Å²) in [7, 11) is 0. The average Bonchev–Trinajstić information content (AvgIpc) is 3.08. The summed E-state index contributed by atoms with van der Waals surface area (Å²) in [5.41, 5.74) is 0.830. The number of nitrogens with one attached hydrogen (secondary N) is 1. The zero-order valence-electron chi connectivity index (χ0n) is 10.8. The van der Waals surface area contributed by atoms with Crippen LogP contribution in [-0.4, -0.2) is 54.9 Å². The first-order valence-electron chi connectivity index (χ1n) is 6.04. The standard InChI is InChI=1S/C11H13N5O4S/c17-8(11(19)20)1-3-12-9(18)5-16-14-10(13-15-16)7-2-4-21-6-7/h2,4,6,8,17H,1,3,5H2,(H,12,18)(H,19,20)/t8-/m0/s1. The van der Waals surface area contributed by atoms with Gasteiger partial charge in [-0.3, -0.25) is 4.79 Å². The third-order valence-electron chi connectivity index (χ3n) is 2.54. The minimum Gasteiger partial charge on any atom is -0.479 e. The molecule has 0 aromatic carbocycles. The number of thiophene rings is 1. The lowest BCUT2D eigenvalue weighted by atomic mass is 10.2. The lowest BCUT2D eigenvalue weighted by Gasteiger charge is -2.06. The second kappa shape index (κ2) is 6.90. The third-order valence-corrected chi connectivity index (χ3v) is 3.23. The van der Waals surface area contributed by atoms with E-state index in [1.807, 2.05) is 16.8 Å². The van der Waals surface area contributed by atoms with Gasteiger partial charge in [0.15, 0.2) is 6.10 Å². The minimum absolute atomic E-state index is 0.0540. The maximum atomic E-state index is 11.6. The third kappa shape index (κ3) is 4.33. The largest absolute Gasteiger partial charge is 0.479 e. The molecule has 0 unspecified atom stereocenters. The van der Waals surface area contributed by atoms with Crippen LogP contribution >= 0.6 is 11.3 Å². The molecule has 0 bridgehead atoms. The molecular weight excluding hydrogens is 298 g/mol. The van der Waals surface area contributed by atoms with Crippen molar-refractivity contribution in [2.24, 2.45) is 0 Å². The first kappa shape index (κ1) is 15.1.